The van der Waals surface area contributed by atoms with Gasteiger partial charge in [0.05, 0.1) is 12.7 Å². The molecule has 0 radical (unpaired) electrons. The van der Waals surface area contributed by atoms with E-state index in [2.05, 4.69) is 5.32 Å². The topological polar surface area (TPSA) is 50.7 Å². The highest BCUT2D eigenvalue weighted by atomic mass is 35.5. The molecule has 2 N–H and O–H groups in total. The molecule has 0 saturated heterocycles. The van der Waals surface area contributed by atoms with Crippen molar-refractivity contribution in [2.24, 2.45) is 0 Å². The molecule has 0 amide bonds. The summed E-state index contributed by atoms with van der Waals surface area (Å²) in [5.74, 6) is 1.19. The van der Waals surface area contributed by atoms with Gasteiger partial charge >= 0.3 is 0 Å². The number of aliphatic hydroxyl groups is 1. The molecule has 5 heteroatoms. The second kappa shape index (κ2) is 6.98. The van der Waals surface area contributed by atoms with Crippen molar-refractivity contribution in [1.29, 1.82) is 0 Å². The van der Waals surface area contributed by atoms with Crippen LogP contribution in [0.5, 0.6) is 11.5 Å². The van der Waals surface area contributed by atoms with E-state index in [1.807, 2.05) is 13.0 Å². The van der Waals surface area contributed by atoms with Crippen molar-refractivity contribution in [2.75, 3.05) is 20.3 Å². The lowest BCUT2D eigenvalue weighted by Crippen LogP contribution is -2.28. The van der Waals surface area contributed by atoms with Crippen LogP contribution in [-0.4, -0.2) is 31.0 Å². The first-order valence-electron chi connectivity index (χ1n) is 6.29. The lowest BCUT2D eigenvalue weighted by molar-refractivity contribution is 0.0272. The molecule has 0 aromatic heterocycles. The van der Waals surface area contributed by atoms with E-state index < -0.39 is 5.60 Å². The molecule has 0 atom stereocenters. The minimum Gasteiger partial charge on any atom is -0.493 e. The van der Waals surface area contributed by atoms with E-state index in [1.165, 1.54) is 0 Å². The third-order valence-electron chi connectivity index (χ3n) is 2.45. The van der Waals surface area contributed by atoms with Gasteiger partial charge in [0.1, 0.15) is 6.61 Å². The number of methoxy groups -OCH3 is 1. The Morgan fingerprint density at radius 2 is 2.05 bits per heavy atom. The molecule has 19 heavy (non-hydrogen) atoms. The van der Waals surface area contributed by atoms with Gasteiger partial charge in [0, 0.05) is 23.2 Å². The Morgan fingerprint density at radius 1 is 1.37 bits per heavy atom. The van der Waals surface area contributed by atoms with Crippen LogP contribution in [-0.2, 0) is 6.54 Å². The molecule has 0 fully saturated rings. The molecule has 0 heterocycles. The Kier molecular flexibility index (Phi) is 5.91. The highest BCUT2D eigenvalue weighted by Crippen LogP contribution is 2.35. The predicted octanol–water partition coefficient (Wildman–Crippen LogP) is 2.61. The quantitative estimate of drug-likeness (QED) is 0.809. The Balaban J connectivity index is 3.01. The lowest BCUT2D eigenvalue weighted by atomic mass is 10.1. The van der Waals surface area contributed by atoms with Crippen molar-refractivity contribution in [3.8, 4) is 11.5 Å². The zero-order valence-corrected chi connectivity index (χ0v) is 12.7. The first kappa shape index (κ1) is 16.1. The first-order valence-corrected chi connectivity index (χ1v) is 6.67. The summed E-state index contributed by atoms with van der Waals surface area (Å²) < 4.78 is 11.0. The second-order valence-electron chi connectivity index (χ2n) is 4.98. The number of nitrogens with one attached hydrogen (secondary N) is 1. The van der Waals surface area contributed by atoms with Gasteiger partial charge in [-0.3, -0.25) is 0 Å². The average Bonchev–Trinajstić information content (AvgIpc) is 2.32. The van der Waals surface area contributed by atoms with E-state index in [1.54, 1.807) is 27.0 Å². The number of rotatable bonds is 7. The van der Waals surface area contributed by atoms with Gasteiger partial charge in [-0.1, -0.05) is 18.5 Å². The van der Waals surface area contributed by atoms with Gasteiger partial charge in [-0.15, -0.1) is 0 Å². The zero-order chi connectivity index (χ0) is 14.5. The highest BCUT2D eigenvalue weighted by Gasteiger charge is 2.18. The van der Waals surface area contributed by atoms with Crippen LogP contribution in [0, 0.1) is 0 Å². The summed E-state index contributed by atoms with van der Waals surface area (Å²) in [4.78, 5) is 0. The lowest BCUT2D eigenvalue weighted by Gasteiger charge is -2.21. The molecule has 0 spiro atoms. The van der Waals surface area contributed by atoms with Crippen molar-refractivity contribution in [1.82, 2.24) is 5.32 Å². The van der Waals surface area contributed by atoms with Crippen LogP contribution in [0.3, 0.4) is 0 Å². The van der Waals surface area contributed by atoms with Crippen molar-refractivity contribution in [3.05, 3.63) is 22.7 Å². The summed E-state index contributed by atoms with van der Waals surface area (Å²) in [5, 5.41) is 13.6. The summed E-state index contributed by atoms with van der Waals surface area (Å²) in [7, 11) is 1.57. The fourth-order valence-electron chi connectivity index (χ4n) is 1.58. The molecule has 0 saturated carbocycles. The van der Waals surface area contributed by atoms with Crippen LogP contribution in [0.15, 0.2) is 12.1 Å². The molecule has 108 valence electrons. The normalized spacial score (nSPS) is 11.5. The molecule has 4 nitrogen and oxygen atoms in total. The molecular formula is C14H22ClNO3. The molecule has 0 aliphatic heterocycles. The Bertz CT molecular complexity index is 416. The van der Waals surface area contributed by atoms with Crippen LogP contribution in [0.4, 0.5) is 0 Å². The summed E-state index contributed by atoms with van der Waals surface area (Å²) in [6.07, 6.45) is 0. The molecule has 0 aliphatic rings. The number of ether oxygens (including phenoxy) is 2. The fourth-order valence-corrected chi connectivity index (χ4v) is 1.81. The Labute approximate surface area is 119 Å². The van der Waals surface area contributed by atoms with Crippen LogP contribution >= 0.6 is 11.6 Å². The van der Waals surface area contributed by atoms with Gasteiger partial charge in [0.25, 0.3) is 0 Å². The molecule has 1 aromatic carbocycles. The number of hydrogen-bond donors (Lipinski definition) is 2. The van der Waals surface area contributed by atoms with Crippen LogP contribution in [0.1, 0.15) is 26.3 Å². The molecule has 0 aliphatic carbocycles. The molecular weight excluding hydrogens is 266 g/mol. The second-order valence-corrected chi connectivity index (χ2v) is 5.41. The monoisotopic (exact) mass is 287 g/mol. The number of halogens is 1. The summed E-state index contributed by atoms with van der Waals surface area (Å²) >= 11 is 6.06. The van der Waals surface area contributed by atoms with Gasteiger partial charge in [-0.25, -0.2) is 0 Å². The summed E-state index contributed by atoms with van der Waals surface area (Å²) in [6, 6.07) is 3.54. The van der Waals surface area contributed by atoms with E-state index in [-0.39, 0.29) is 6.61 Å². The summed E-state index contributed by atoms with van der Waals surface area (Å²) in [5.41, 5.74) is 0.00978. The van der Waals surface area contributed by atoms with E-state index in [0.29, 0.717) is 23.1 Å². The van der Waals surface area contributed by atoms with Crippen molar-refractivity contribution in [2.45, 2.75) is 32.9 Å². The van der Waals surface area contributed by atoms with Crippen LogP contribution in [0.2, 0.25) is 5.02 Å². The highest BCUT2D eigenvalue weighted by molar-refractivity contribution is 6.30. The van der Waals surface area contributed by atoms with Crippen molar-refractivity contribution >= 4 is 11.6 Å². The summed E-state index contributed by atoms with van der Waals surface area (Å²) in [6.45, 7) is 7.08. The van der Waals surface area contributed by atoms with E-state index in [0.717, 1.165) is 12.1 Å². The minimum atomic E-state index is -0.903. The van der Waals surface area contributed by atoms with Crippen LogP contribution < -0.4 is 14.8 Å². The molecule has 0 bridgehead atoms. The van der Waals surface area contributed by atoms with Gasteiger partial charge < -0.3 is 19.9 Å². The van der Waals surface area contributed by atoms with E-state index in [9.17, 15) is 5.11 Å². The van der Waals surface area contributed by atoms with Gasteiger partial charge in [0.15, 0.2) is 11.5 Å². The minimum absolute atomic E-state index is 0.185. The third kappa shape index (κ3) is 5.27. The Hall–Kier alpha value is -0.970. The molecule has 0 unspecified atom stereocenters. The maximum atomic E-state index is 9.76. The predicted molar refractivity (Wildman–Crippen MR) is 77.2 cm³/mol. The zero-order valence-electron chi connectivity index (χ0n) is 11.9. The SMILES string of the molecule is CCNCc1cc(Cl)cc(OC)c1OCC(C)(C)O. The standard InChI is InChI=1S/C14H22ClNO3/c1-5-16-8-10-6-11(15)7-12(18-4)13(10)19-9-14(2,3)17/h6-7,16-17H,5,8-9H2,1-4H3. The molecule has 1 rings (SSSR count). The van der Waals surface area contributed by atoms with Crippen molar-refractivity contribution < 1.29 is 14.6 Å². The average molecular weight is 288 g/mol. The smallest absolute Gasteiger partial charge is 0.165 e. The van der Waals surface area contributed by atoms with Crippen LogP contribution in [0.25, 0.3) is 0 Å². The number of hydrogen-bond acceptors (Lipinski definition) is 4. The maximum Gasteiger partial charge on any atom is 0.165 e. The van der Waals surface area contributed by atoms with Gasteiger partial charge in [-0.05, 0) is 26.5 Å². The Morgan fingerprint density at radius 3 is 2.58 bits per heavy atom. The van der Waals surface area contributed by atoms with E-state index >= 15 is 0 Å². The molecule has 1 aromatic rings. The van der Waals surface area contributed by atoms with Gasteiger partial charge in [0.2, 0.25) is 0 Å². The number of benzene rings is 1. The van der Waals surface area contributed by atoms with E-state index in [4.69, 9.17) is 21.1 Å². The third-order valence-corrected chi connectivity index (χ3v) is 2.67. The maximum absolute atomic E-state index is 9.76. The first-order chi connectivity index (χ1) is 8.87. The van der Waals surface area contributed by atoms with Gasteiger partial charge in [-0.2, -0.15) is 0 Å². The fraction of sp³-hybridized carbons (Fsp3) is 0.571. The van der Waals surface area contributed by atoms with Crippen molar-refractivity contribution in [3.63, 3.8) is 0 Å². The largest absolute Gasteiger partial charge is 0.493 e.